The molecule has 0 aliphatic heterocycles. The first-order chi connectivity index (χ1) is 21.2. The molecule has 0 spiro atoms. The van der Waals surface area contributed by atoms with E-state index in [1.54, 1.807) is 30.5 Å². The minimum atomic E-state index is -1.11. The van der Waals surface area contributed by atoms with Crippen LogP contribution in [0.4, 0.5) is 5.69 Å². The number of aromatic carboxylic acids is 1. The third kappa shape index (κ3) is 6.66. The van der Waals surface area contributed by atoms with Gasteiger partial charge in [0.25, 0.3) is 0 Å². The van der Waals surface area contributed by atoms with Crippen LogP contribution in [0, 0.1) is 0 Å². The van der Waals surface area contributed by atoms with E-state index >= 15 is 0 Å². The normalized spacial score (nSPS) is 12.3. The fraction of sp³-hybridized carbons (Fsp3) is 0.200. The number of nitrogens with zero attached hydrogens (tertiary/aromatic N) is 1. The molecule has 0 bridgehead atoms. The molecule has 0 amide bonds. The van der Waals surface area contributed by atoms with Gasteiger partial charge in [0.15, 0.2) is 5.43 Å². The molecule has 0 saturated heterocycles. The molecule has 44 heavy (non-hydrogen) atoms. The molecule has 1 aromatic heterocycles. The fourth-order valence-corrected chi connectivity index (χ4v) is 5.26. The highest BCUT2D eigenvalue weighted by Gasteiger charge is 2.20. The van der Waals surface area contributed by atoms with E-state index in [0.29, 0.717) is 41.0 Å². The minimum Gasteiger partial charge on any atom is -0.478 e. The molecule has 0 unspecified atom stereocenters. The monoisotopic (exact) mass is 609 g/mol. The van der Waals surface area contributed by atoms with Crippen LogP contribution in [0.2, 0.25) is 5.02 Å². The van der Waals surface area contributed by atoms with Gasteiger partial charge in [-0.05, 0) is 68.7 Å². The van der Waals surface area contributed by atoms with Gasteiger partial charge in [0, 0.05) is 47.7 Å². The fourth-order valence-electron chi connectivity index (χ4n) is 5.09. The largest absolute Gasteiger partial charge is 0.478 e. The van der Waals surface area contributed by atoms with E-state index in [1.807, 2.05) is 30.3 Å². The van der Waals surface area contributed by atoms with Crippen LogP contribution in [0.25, 0.3) is 39.3 Å². The number of fused-ring (bicyclic) bond motifs is 2. The number of unbranched alkanes of at least 4 members (excludes halogenated alkanes) is 1. The van der Waals surface area contributed by atoms with E-state index in [9.17, 15) is 19.5 Å². The lowest BCUT2D eigenvalue weighted by molar-refractivity contribution is 0.0697. The van der Waals surface area contributed by atoms with Crippen LogP contribution >= 0.6 is 11.6 Å². The van der Waals surface area contributed by atoms with Crippen LogP contribution in [0.5, 0.6) is 0 Å². The van der Waals surface area contributed by atoms with Crippen LogP contribution in [0.3, 0.4) is 0 Å². The Kier molecular flexibility index (Phi) is 9.41. The van der Waals surface area contributed by atoms with E-state index in [4.69, 9.17) is 21.0 Å². The van der Waals surface area contributed by atoms with Crippen LogP contribution in [-0.2, 0) is 0 Å². The molecule has 8 nitrogen and oxygen atoms in total. The second-order valence-corrected chi connectivity index (χ2v) is 11.1. The van der Waals surface area contributed by atoms with Gasteiger partial charge in [-0.3, -0.25) is 14.6 Å². The smallest absolute Gasteiger partial charge is 0.336 e. The SMILES string of the molecule is CC(C)Nc1cccccc1=NCCCCN/C=c1\c(=O)ccc2c(-c3ccccc3C(=O)O)c3cc(Cl)c(=O)cc3oc12. The van der Waals surface area contributed by atoms with Crippen molar-refractivity contribution in [3.8, 4) is 11.1 Å². The number of benzene rings is 3. The number of halogens is 1. The molecule has 9 heteroatoms. The Morgan fingerprint density at radius 3 is 2.52 bits per heavy atom. The summed E-state index contributed by atoms with van der Waals surface area (Å²) < 4.78 is 6.15. The van der Waals surface area contributed by atoms with Crippen LogP contribution in [0.15, 0.2) is 97.9 Å². The summed E-state index contributed by atoms with van der Waals surface area (Å²) in [5.41, 5.74) is 1.71. The third-order valence-corrected chi connectivity index (χ3v) is 7.38. The number of rotatable bonds is 10. The highest BCUT2D eigenvalue weighted by Crippen LogP contribution is 2.37. The quantitative estimate of drug-likeness (QED) is 0.140. The van der Waals surface area contributed by atoms with Gasteiger partial charge in [0.2, 0.25) is 5.43 Å². The lowest BCUT2D eigenvalue weighted by atomic mass is 9.93. The standard InChI is InChI=1S/C35H32ClN3O5/c1-21(2)39-29-13-5-3-4-12-28(29)38-17-9-8-16-37-20-26-30(40)15-14-24-33(22-10-6-7-11-23(22)35(42)43)25-18-27(36)31(41)19-32(25)44-34(24)26/h3-7,10-15,18-21,37H,8-9,16-17H2,1-2H3,(H,38,39)(H,42,43)/b26-20+. The van der Waals surface area contributed by atoms with Gasteiger partial charge in [-0.1, -0.05) is 48.0 Å². The number of anilines is 1. The summed E-state index contributed by atoms with van der Waals surface area (Å²) in [5, 5.41) is 18.7. The number of carbonyl (C=O) groups is 1. The van der Waals surface area contributed by atoms with Crippen molar-refractivity contribution in [2.24, 2.45) is 4.99 Å². The summed E-state index contributed by atoms with van der Waals surface area (Å²) in [6, 6.07) is 22.6. The van der Waals surface area contributed by atoms with E-state index in [1.165, 1.54) is 24.3 Å². The predicted octanol–water partition coefficient (Wildman–Crippen LogP) is 5.57. The molecule has 5 rings (SSSR count). The number of hydrogen-bond acceptors (Lipinski definition) is 7. The molecule has 5 aromatic rings. The van der Waals surface area contributed by atoms with Gasteiger partial charge in [0.05, 0.1) is 26.8 Å². The predicted molar refractivity (Wildman–Crippen MR) is 176 cm³/mol. The highest BCUT2D eigenvalue weighted by molar-refractivity contribution is 6.31. The maximum absolute atomic E-state index is 13.0. The zero-order chi connectivity index (χ0) is 31.2. The number of nitrogens with one attached hydrogen (secondary N) is 2. The van der Waals surface area contributed by atoms with E-state index < -0.39 is 11.4 Å². The second-order valence-electron chi connectivity index (χ2n) is 10.7. The molecule has 0 atom stereocenters. The molecule has 4 aromatic carbocycles. The van der Waals surface area contributed by atoms with Crippen molar-refractivity contribution in [2.75, 3.05) is 18.4 Å². The van der Waals surface area contributed by atoms with Crippen molar-refractivity contribution in [2.45, 2.75) is 32.7 Å². The van der Waals surface area contributed by atoms with Crippen LogP contribution in [-0.4, -0.2) is 30.2 Å². The van der Waals surface area contributed by atoms with E-state index in [-0.39, 0.29) is 32.4 Å². The first-order valence-electron chi connectivity index (χ1n) is 14.4. The first-order valence-corrected chi connectivity index (χ1v) is 14.8. The first kappa shape index (κ1) is 30.5. The molecule has 3 N–H and O–H groups in total. The molecule has 0 radical (unpaired) electrons. The van der Waals surface area contributed by atoms with Crippen molar-refractivity contribution >= 4 is 51.4 Å². The van der Waals surface area contributed by atoms with Gasteiger partial charge < -0.3 is 20.2 Å². The Morgan fingerprint density at radius 1 is 0.955 bits per heavy atom. The Hall–Kier alpha value is -4.95. The number of carboxylic acid groups (broad SMARTS) is 1. The third-order valence-electron chi connectivity index (χ3n) is 7.08. The van der Waals surface area contributed by atoms with Crippen molar-refractivity contribution in [3.05, 3.63) is 120 Å². The summed E-state index contributed by atoms with van der Waals surface area (Å²) in [4.78, 5) is 42.4. The van der Waals surface area contributed by atoms with Crippen molar-refractivity contribution in [3.63, 3.8) is 0 Å². The average Bonchev–Trinajstić information content (AvgIpc) is 3.21. The zero-order valence-corrected chi connectivity index (χ0v) is 25.1. The highest BCUT2D eigenvalue weighted by atomic mass is 35.5. The summed E-state index contributed by atoms with van der Waals surface area (Å²) in [6.07, 6.45) is 3.25. The number of carboxylic acids is 1. The molecular formula is C35H32ClN3O5. The second kappa shape index (κ2) is 13.6. The Balaban J connectivity index is 1.47. The summed E-state index contributed by atoms with van der Waals surface area (Å²) in [5.74, 6) is -1.11. The molecule has 0 fully saturated rings. The van der Waals surface area contributed by atoms with Crippen molar-refractivity contribution in [1.29, 1.82) is 0 Å². The number of hydrogen-bond donors (Lipinski definition) is 3. The Morgan fingerprint density at radius 2 is 1.73 bits per heavy atom. The van der Waals surface area contributed by atoms with Gasteiger partial charge in [-0.25, -0.2) is 4.79 Å². The van der Waals surface area contributed by atoms with Gasteiger partial charge in [-0.2, -0.15) is 0 Å². The summed E-state index contributed by atoms with van der Waals surface area (Å²) in [7, 11) is 0. The molecule has 224 valence electrons. The molecule has 0 aliphatic carbocycles. The molecule has 1 heterocycles. The Labute approximate surface area is 258 Å². The van der Waals surface area contributed by atoms with Gasteiger partial charge in [-0.15, -0.1) is 0 Å². The van der Waals surface area contributed by atoms with Gasteiger partial charge >= 0.3 is 5.97 Å². The van der Waals surface area contributed by atoms with Crippen molar-refractivity contribution < 1.29 is 14.3 Å². The maximum atomic E-state index is 13.0. The average molecular weight is 610 g/mol. The maximum Gasteiger partial charge on any atom is 0.336 e. The lowest BCUT2D eigenvalue weighted by Gasteiger charge is -2.13. The van der Waals surface area contributed by atoms with Gasteiger partial charge in [0.1, 0.15) is 11.2 Å². The summed E-state index contributed by atoms with van der Waals surface area (Å²) >= 11 is 6.20. The van der Waals surface area contributed by atoms with Crippen molar-refractivity contribution in [1.82, 2.24) is 5.32 Å². The topological polar surface area (TPSA) is 121 Å². The Bertz CT molecular complexity index is 2110. The zero-order valence-electron chi connectivity index (χ0n) is 24.4. The minimum absolute atomic E-state index is 0.0182. The van der Waals surface area contributed by atoms with E-state index in [0.717, 1.165) is 23.9 Å². The molecular weight excluding hydrogens is 578 g/mol. The summed E-state index contributed by atoms with van der Waals surface area (Å²) in [6.45, 7) is 5.41. The lowest BCUT2D eigenvalue weighted by Crippen LogP contribution is -2.27. The van der Waals surface area contributed by atoms with Crippen LogP contribution < -0.4 is 32.1 Å². The molecule has 0 saturated carbocycles. The molecule has 0 aliphatic rings. The van der Waals surface area contributed by atoms with E-state index in [2.05, 4.69) is 24.5 Å². The van der Waals surface area contributed by atoms with Crippen LogP contribution in [0.1, 0.15) is 37.0 Å².